The third kappa shape index (κ3) is 1.75. The summed E-state index contributed by atoms with van der Waals surface area (Å²) in [5.74, 6) is -2.97. The van der Waals surface area contributed by atoms with E-state index in [1.807, 2.05) is 0 Å². The minimum absolute atomic E-state index is 0.0361. The van der Waals surface area contributed by atoms with Gasteiger partial charge in [-0.3, -0.25) is 9.79 Å². The van der Waals surface area contributed by atoms with E-state index in [9.17, 15) is 19.8 Å². The Hall–Kier alpha value is -2.14. The zero-order valence-corrected chi connectivity index (χ0v) is 12.8. The minimum Gasteiger partial charge on any atom is -0.481 e. The lowest BCUT2D eigenvalue weighted by atomic mass is 9.67. The van der Waals surface area contributed by atoms with E-state index in [2.05, 4.69) is 4.99 Å². The van der Waals surface area contributed by atoms with Crippen molar-refractivity contribution >= 4 is 29.3 Å². The van der Waals surface area contributed by atoms with E-state index >= 15 is 0 Å². The molecule has 5 nitrogen and oxygen atoms in total. The first-order valence-corrected chi connectivity index (χ1v) is 7.18. The molecule has 0 fully saturated rings. The van der Waals surface area contributed by atoms with Crippen LogP contribution in [0, 0.1) is 5.41 Å². The van der Waals surface area contributed by atoms with E-state index in [1.54, 1.807) is 32.0 Å². The lowest BCUT2D eigenvalue weighted by Crippen LogP contribution is -2.45. The molecule has 114 valence electrons. The summed E-state index contributed by atoms with van der Waals surface area (Å²) in [7, 11) is 0. The van der Waals surface area contributed by atoms with Crippen LogP contribution in [0.4, 0.5) is 0 Å². The van der Waals surface area contributed by atoms with Crippen molar-refractivity contribution in [2.45, 2.75) is 26.2 Å². The van der Waals surface area contributed by atoms with Crippen molar-refractivity contribution in [3.63, 3.8) is 0 Å². The summed E-state index contributed by atoms with van der Waals surface area (Å²) in [4.78, 5) is 28.0. The summed E-state index contributed by atoms with van der Waals surface area (Å²) in [6.45, 7) is 3.25. The van der Waals surface area contributed by atoms with Gasteiger partial charge in [0, 0.05) is 22.3 Å². The van der Waals surface area contributed by atoms with Crippen molar-refractivity contribution in [2.24, 2.45) is 10.4 Å². The highest BCUT2D eigenvalue weighted by Crippen LogP contribution is 2.55. The standard InChI is InChI=1S/C16H14ClNO4/c1-7-12(14(19)20)13-11-5-10(17)4-3-9(11)6-16(13,15(21)22)8(2)18-7/h3-5,13H,6H2,1-2H3,(H,19,20)(H,21,22). The molecule has 2 aliphatic rings. The molecule has 2 unspecified atom stereocenters. The summed E-state index contributed by atoms with van der Waals surface area (Å²) in [5.41, 5.74) is 0.939. The van der Waals surface area contributed by atoms with Crippen molar-refractivity contribution in [2.75, 3.05) is 0 Å². The number of carbonyl (C=O) groups is 2. The highest BCUT2D eigenvalue weighted by molar-refractivity contribution is 6.30. The molecule has 3 rings (SSSR count). The Labute approximate surface area is 131 Å². The Morgan fingerprint density at radius 2 is 2.00 bits per heavy atom. The number of benzene rings is 1. The highest BCUT2D eigenvalue weighted by Gasteiger charge is 2.58. The Kier molecular flexibility index (Phi) is 3.14. The SMILES string of the molecule is CC1=NC(C)=C(C(=O)O)C2c3cc(Cl)ccc3CC12C(=O)O. The maximum absolute atomic E-state index is 12.1. The molecule has 22 heavy (non-hydrogen) atoms. The van der Waals surface area contributed by atoms with Gasteiger partial charge in [0.05, 0.1) is 5.57 Å². The molecule has 2 N–H and O–H groups in total. The number of fused-ring (bicyclic) bond motifs is 3. The quantitative estimate of drug-likeness (QED) is 0.877. The Morgan fingerprint density at radius 3 is 2.59 bits per heavy atom. The number of carboxylic acid groups (broad SMARTS) is 2. The number of halogens is 1. The number of aliphatic imine (C=N–C) groups is 1. The number of rotatable bonds is 2. The molecule has 1 aliphatic heterocycles. The number of carboxylic acids is 2. The van der Waals surface area contributed by atoms with E-state index in [0.29, 0.717) is 22.0 Å². The summed E-state index contributed by atoms with van der Waals surface area (Å²) >= 11 is 6.04. The predicted octanol–water partition coefficient (Wildman–Crippen LogP) is 2.88. The Bertz CT molecular complexity index is 780. The minimum atomic E-state index is -1.35. The van der Waals surface area contributed by atoms with Gasteiger partial charge in [-0.15, -0.1) is 0 Å². The van der Waals surface area contributed by atoms with Gasteiger partial charge in [0.1, 0.15) is 5.41 Å². The van der Waals surface area contributed by atoms with Crippen LogP contribution in [0.1, 0.15) is 30.9 Å². The molecular weight excluding hydrogens is 306 g/mol. The smallest absolute Gasteiger partial charge is 0.334 e. The van der Waals surface area contributed by atoms with Gasteiger partial charge in [-0.05, 0) is 43.5 Å². The van der Waals surface area contributed by atoms with E-state index in [1.165, 1.54) is 0 Å². The molecule has 0 bridgehead atoms. The van der Waals surface area contributed by atoms with Gasteiger partial charge in [-0.2, -0.15) is 0 Å². The van der Waals surface area contributed by atoms with Crippen LogP contribution in [0.25, 0.3) is 0 Å². The zero-order chi connectivity index (χ0) is 16.2. The molecule has 0 aromatic heterocycles. The van der Waals surface area contributed by atoms with Crippen LogP contribution in [0.2, 0.25) is 5.02 Å². The Balaban J connectivity index is 2.36. The second-order valence-corrected chi connectivity index (χ2v) is 6.17. The third-order valence-electron chi connectivity index (χ3n) is 4.65. The number of nitrogens with zero attached hydrogens (tertiary/aromatic N) is 1. The highest BCUT2D eigenvalue weighted by atomic mass is 35.5. The summed E-state index contributed by atoms with van der Waals surface area (Å²) in [6, 6.07) is 5.13. The molecule has 6 heteroatoms. The van der Waals surface area contributed by atoms with Crippen molar-refractivity contribution in [1.29, 1.82) is 0 Å². The normalized spacial score (nSPS) is 26.3. The van der Waals surface area contributed by atoms with E-state index in [-0.39, 0.29) is 12.0 Å². The van der Waals surface area contributed by atoms with Crippen molar-refractivity contribution in [1.82, 2.24) is 0 Å². The predicted molar refractivity (Wildman–Crippen MR) is 81.4 cm³/mol. The van der Waals surface area contributed by atoms with E-state index in [0.717, 1.165) is 5.56 Å². The molecule has 0 amide bonds. The van der Waals surface area contributed by atoms with Gasteiger partial charge in [0.25, 0.3) is 0 Å². The van der Waals surface area contributed by atoms with Crippen LogP contribution in [0.5, 0.6) is 0 Å². The zero-order valence-electron chi connectivity index (χ0n) is 12.1. The largest absolute Gasteiger partial charge is 0.481 e. The third-order valence-corrected chi connectivity index (χ3v) is 4.89. The molecule has 2 atom stereocenters. The van der Waals surface area contributed by atoms with Gasteiger partial charge in [-0.1, -0.05) is 17.7 Å². The maximum Gasteiger partial charge on any atom is 0.334 e. The molecule has 1 aromatic rings. The molecule has 1 heterocycles. The van der Waals surface area contributed by atoms with Crippen molar-refractivity contribution in [3.8, 4) is 0 Å². The Morgan fingerprint density at radius 1 is 1.32 bits per heavy atom. The number of allylic oxidation sites excluding steroid dienone is 1. The van der Waals surface area contributed by atoms with Gasteiger partial charge < -0.3 is 10.2 Å². The van der Waals surface area contributed by atoms with Crippen LogP contribution in [0.15, 0.2) is 34.5 Å². The summed E-state index contributed by atoms with van der Waals surface area (Å²) in [5, 5.41) is 19.9. The van der Waals surface area contributed by atoms with Gasteiger partial charge in [-0.25, -0.2) is 4.79 Å². The number of aliphatic carboxylic acids is 2. The van der Waals surface area contributed by atoms with E-state index < -0.39 is 23.3 Å². The number of hydrogen-bond acceptors (Lipinski definition) is 3. The fraction of sp³-hybridized carbons (Fsp3) is 0.312. The fourth-order valence-electron chi connectivity index (χ4n) is 3.65. The summed E-state index contributed by atoms with van der Waals surface area (Å²) < 4.78 is 0. The molecule has 0 radical (unpaired) electrons. The lowest BCUT2D eigenvalue weighted by Gasteiger charge is -2.35. The maximum atomic E-state index is 12.1. The van der Waals surface area contributed by atoms with Gasteiger partial charge in [0.15, 0.2) is 0 Å². The van der Waals surface area contributed by atoms with Crippen LogP contribution >= 0.6 is 11.6 Å². The molecule has 0 saturated heterocycles. The van der Waals surface area contributed by atoms with Crippen LogP contribution in [-0.4, -0.2) is 27.9 Å². The second kappa shape index (κ2) is 4.68. The molecule has 1 aromatic carbocycles. The lowest BCUT2D eigenvalue weighted by molar-refractivity contribution is -0.145. The molecule has 0 spiro atoms. The van der Waals surface area contributed by atoms with Crippen molar-refractivity contribution < 1.29 is 19.8 Å². The van der Waals surface area contributed by atoms with Crippen LogP contribution in [-0.2, 0) is 16.0 Å². The average molecular weight is 320 g/mol. The average Bonchev–Trinajstić information content (AvgIpc) is 2.75. The second-order valence-electron chi connectivity index (χ2n) is 5.73. The van der Waals surface area contributed by atoms with Gasteiger partial charge >= 0.3 is 11.9 Å². The topological polar surface area (TPSA) is 87.0 Å². The molecule has 0 saturated carbocycles. The molecule has 1 aliphatic carbocycles. The van der Waals surface area contributed by atoms with Crippen LogP contribution < -0.4 is 0 Å². The van der Waals surface area contributed by atoms with Crippen molar-refractivity contribution in [3.05, 3.63) is 45.6 Å². The summed E-state index contributed by atoms with van der Waals surface area (Å²) in [6.07, 6.45) is 0.221. The van der Waals surface area contributed by atoms with Crippen LogP contribution in [0.3, 0.4) is 0 Å². The molecular formula is C16H14ClNO4. The van der Waals surface area contributed by atoms with E-state index in [4.69, 9.17) is 11.6 Å². The first-order chi connectivity index (χ1) is 10.3. The fourth-order valence-corrected chi connectivity index (χ4v) is 3.84. The monoisotopic (exact) mass is 319 g/mol. The number of hydrogen-bond donors (Lipinski definition) is 2. The van der Waals surface area contributed by atoms with Gasteiger partial charge in [0.2, 0.25) is 0 Å². The first-order valence-electron chi connectivity index (χ1n) is 6.80. The first kappa shape index (κ1) is 14.8.